The minimum absolute atomic E-state index is 0.0179. The molecule has 1 aromatic rings. The molecule has 0 heterocycles. The Morgan fingerprint density at radius 2 is 1.94 bits per heavy atom. The zero-order valence-corrected chi connectivity index (χ0v) is 11.3. The van der Waals surface area contributed by atoms with Crippen molar-refractivity contribution in [3.63, 3.8) is 0 Å². The highest BCUT2D eigenvalue weighted by molar-refractivity contribution is 5.94. The van der Waals surface area contributed by atoms with Crippen molar-refractivity contribution in [2.24, 2.45) is 5.92 Å². The summed E-state index contributed by atoms with van der Waals surface area (Å²) >= 11 is 0. The van der Waals surface area contributed by atoms with Crippen molar-refractivity contribution < 1.29 is 14.3 Å². The predicted octanol–water partition coefficient (Wildman–Crippen LogP) is 3.39. The molecule has 0 bridgehead atoms. The smallest absolute Gasteiger partial charge is 0.337 e. The lowest BCUT2D eigenvalue weighted by atomic mass is 10.1. The van der Waals surface area contributed by atoms with Crippen LogP contribution in [0.1, 0.15) is 38.1 Å². The minimum atomic E-state index is -1.10. The minimum Gasteiger partial charge on any atom is -0.478 e. The molecule has 0 aromatic heterocycles. The number of para-hydroxylation sites is 1. The van der Waals surface area contributed by atoms with Gasteiger partial charge in [0.25, 0.3) is 0 Å². The summed E-state index contributed by atoms with van der Waals surface area (Å²) in [7, 11) is 0. The zero-order chi connectivity index (χ0) is 13.9. The maximum Gasteiger partial charge on any atom is 0.337 e. The number of halogens is 1. The predicted molar refractivity (Wildman–Crippen MR) is 70.7 cm³/mol. The average Bonchev–Trinajstić information content (AvgIpc) is 2.25. The molecule has 0 amide bonds. The molecular formula is C14H20FNO2. The number of hydrogen-bond donors (Lipinski definition) is 1. The van der Waals surface area contributed by atoms with E-state index in [1.165, 1.54) is 18.2 Å². The van der Waals surface area contributed by atoms with Gasteiger partial charge in [0.2, 0.25) is 0 Å². The highest BCUT2D eigenvalue weighted by Crippen LogP contribution is 2.27. The van der Waals surface area contributed by atoms with Crippen LogP contribution in [0.4, 0.5) is 10.1 Å². The van der Waals surface area contributed by atoms with Gasteiger partial charge in [-0.3, -0.25) is 0 Å². The third-order valence-corrected chi connectivity index (χ3v) is 2.69. The fourth-order valence-corrected chi connectivity index (χ4v) is 1.93. The molecule has 4 heteroatoms. The Hall–Kier alpha value is -1.58. The standard InChI is InChI=1S/C14H20FNO2/c1-9(2)8-16(10(3)4)13-11(14(17)18)6-5-7-12(13)15/h5-7,9-10H,8H2,1-4H3,(H,17,18). The molecule has 1 aromatic carbocycles. The molecule has 0 spiro atoms. The fourth-order valence-electron chi connectivity index (χ4n) is 1.93. The van der Waals surface area contributed by atoms with Crippen LogP contribution in [-0.4, -0.2) is 23.7 Å². The van der Waals surface area contributed by atoms with E-state index < -0.39 is 11.8 Å². The molecule has 1 rings (SSSR count). The van der Waals surface area contributed by atoms with E-state index in [4.69, 9.17) is 5.11 Å². The van der Waals surface area contributed by atoms with Gasteiger partial charge < -0.3 is 10.0 Å². The number of nitrogens with zero attached hydrogens (tertiary/aromatic N) is 1. The van der Waals surface area contributed by atoms with Gasteiger partial charge in [-0.05, 0) is 31.9 Å². The Bertz CT molecular complexity index is 430. The third-order valence-electron chi connectivity index (χ3n) is 2.69. The van der Waals surface area contributed by atoms with Crippen LogP contribution in [0.25, 0.3) is 0 Å². The number of aromatic carboxylic acids is 1. The summed E-state index contributed by atoms with van der Waals surface area (Å²) in [6, 6.07) is 4.21. The van der Waals surface area contributed by atoms with Crippen LogP contribution in [0.2, 0.25) is 0 Å². The highest BCUT2D eigenvalue weighted by atomic mass is 19.1. The molecule has 0 atom stereocenters. The van der Waals surface area contributed by atoms with E-state index in [1.807, 2.05) is 32.6 Å². The summed E-state index contributed by atoms with van der Waals surface area (Å²) in [5, 5.41) is 9.16. The van der Waals surface area contributed by atoms with Gasteiger partial charge >= 0.3 is 5.97 Å². The maximum absolute atomic E-state index is 14.0. The summed E-state index contributed by atoms with van der Waals surface area (Å²) in [4.78, 5) is 13.0. The second-order valence-electron chi connectivity index (χ2n) is 5.08. The second kappa shape index (κ2) is 5.85. The van der Waals surface area contributed by atoms with E-state index in [0.717, 1.165) is 0 Å². The summed E-state index contributed by atoms with van der Waals surface area (Å²) in [6.45, 7) is 8.53. The summed E-state index contributed by atoms with van der Waals surface area (Å²) in [6.07, 6.45) is 0. The van der Waals surface area contributed by atoms with Crippen molar-refractivity contribution in [2.45, 2.75) is 33.7 Å². The first-order chi connectivity index (χ1) is 8.34. The van der Waals surface area contributed by atoms with Crippen LogP contribution >= 0.6 is 0 Å². The van der Waals surface area contributed by atoms with E-state index in [9.17, 15) is 9.18 Å². The first-order valence-electron chi connectivity index (χ1n) is 6.13. The van der Waals surface area contributed by atoms with Gasteiger partial charge in [-0.2, -0.15) is 0 Å². The second-order valence-corrected chi connectivity index (χ2v) is 5.08. The number of anilines is 1. The molecule has 0 radical (unpaired) electrons. The lowest BCUT2D eigenvalue weighted by Crippen LogP contribution is -2.36. The van der Waals surface area contributed by atoms with Crippen molar-refractivity contribution in [2.75, 3.05) is 11.4 Å². The van der Waals surface area contributed by atoms with Crippen LogP contribution in [0, 0.1) is 11.7 Å². The van der Waals surface area contributed by atoms with E-state index in [-0.39, 0.29) is 17.3 Å². The number of rotatable bonds is 5. The number of benzene rings is 1. The number of carboxylic acid groups (broad SMARTS) is 1. The van der Waals surface area contributed by atoms with Gasteiger partial charge in [0, 0.05) is 12.6 Å². The highest BCUT2D eigenvalue weighted by Gasteiger charge is 2.22. The molecule has 100 valence electrons. The number of carbonyl (C=O) groups is 1. The molecule has 1 N–H and O–H groups in total. The van der Waals surface area contributed by atoms with E-state index >= 15 is 0 Å². The Labute approximate surface area is 107 Å². The quantitative estimate of drug-likeness (QED) is 0.874. The first-order valence-corrected chi connectivity index (χ1v) is 6.13. The fraction of sp³-hybridized carbons (Fsp3) is 0.500. The molecule has 0 fully saturated rings. The van der Waals surface area contributed by atoms with E-state index in [2.05, 4.69) is 0 Å². The molecule has 0 aliphatic heterocycles. The van der Waals surface area contributed by atoms with Gasteiger partial charge in [-0.25, -0.2) is 9.18 Å². The van der Waals surface area contributed by atoms with Crippen LogP contribution in [0.5, 0.6) is 0 Å². The van der Waals surface area contributed by atoms with Crippen molar-refractivity contribution in [1.82, 2.24) is 0 Å². The van der Waals surface area contributed by atoms with Crippen molar-refractivity contribution in [3.05, 3.63) is 29.6 Å². The summed E-state index contributed by atoms with van der Waals surface area (Å²) in [5.41, 5.74) is 0.207. The molecular weight excluding hydrogens is 233 g/mol. The molecule has 3 nitrogen and oxygen atoms in total. The molecule has 0 saturated heterocycles. The lowest BCUT2D eigenvalue weighted by molar-refractivity contribution is 0.0697. The first kappa shape index (κ1) is 14.5. The SMILES string of the molecule is CC(C)CN(c1c(F)cccc1C(=O)O)C(C)C. The largest absolute Gasteiger partial charge is 0.478 e. The van der Waals surface area contributed by atoms with Crippen LogP contribution in [-0.2, 0) is 0 Å². The monoisotopic (exact) mass is 253 g/mol. The van der Waals surface area contributed by atoms with Crippen LogP contribution < -0.4 is 4.90 Å². The van der Waals surface area contributed by atoms with Gasteiger partial charge in [-0.15, -0.1) is 0 Å². The molecule has 18 heavy (non-hydrogen) atoms. The molecule has 0 unspecified atom stereocenters. The van der Waals surface area contributed by atoms with Gasteiger partial charge in [0.1, 0.15) is 5.82 Å². The van der Waals surface area contributed by atoms with Crippen LogP contribution in [0.15, 0.2) is 18.2 Å². The average molecular weight is 253 g/mol. The van der Waals surface area contributed by atoms with Crippen molar-refractivity contribution in [3.8, 4) is 0 Å². The molecule has 0 aliphatic rings. The maximum atomic E-state index is 14.0. The Balaban J connectivity index is 3.30. The number of hydrogen-bond acceptors (Lipinski definition) is 2. The molecule has 0 aliphatic carbocycles. The molecule has 0 saturated carbocycles. The Morgan fingerprint density at radius 1 is 1.33 bits per heavy atom. The third kappa shape index (κ3) is 3.22. The normalized spacial score (nSPS) is 11.1. The summed E-state index contributed by atoms with van der Waals surface area (Å²) < 4.78 is 14.0. The zero-order valence-electron chi connectivity index (χ0n) is 11.3. The van der Waals surface area contributed by atoms with Gasteiger partial charge in [0.05, 0.1) is 11.3 Å². The topological polar surface area (TPSA) is 40.5 Å². The Morgan fingerprint density at radius 3 is 2.39 bits per heavy atom. The number of carboxylic acids is 1. The van der Waals surface area contributed by atoms with E-state index in [1.54, 1.807) is 0 Å². The van der Waals surface area contributed by atoms with Crippen molar-refractivity contribution >= 4 is 11.7 Å². The van der Waals surface area contributed by atoms with Crippen LogP contribution in [0.3, 0.4) is 0 Å². The summed E-state index contributed by atoms with van der Waals surface area (Å²) in [5.74, 6) is -1.25. The van der Waals surface area contributed by atoms with Gasteiger partial charge in [-0.1, -0.05) is 19.9 Å². The van der Waals surface area contributed by atoms with Crippen molar-refractivity contribution in [1.29, 1.82) is 0 Å². The van der Waals surface area contributed by atoms with E-state index in [0.29, 0.717) is 12.5 Å². The van der Waals surface area contributed by atoms with Gasteiger partial charge in [0.15, 0.2) is 0 Å². The Kier molecular flexibility index (Phi) is 4.70. The lowest BCUT2D eigenvalue weighted by Gasteiger charge is -2.32.